The molecule has 0 aliphatic heterocycles. The van der Waals surface area contributed by atoms with E-state index in [1.807, 2.05) is 0 Å². The summed E-state index contributed by atoms with van der Waals surface area (Å²) in [7, 11) is -12.2. The predicted molar refractivity (Wildman–Crippen MR) is 115 cm³/mol. The molecule has 0 spiro atoms. The summed E-state index contributed by atoms with van der Waals surface area (Å²) in [6.07, 6.45) is 8.66. The molecule has 0 unspecified atom stereocenters. The number of aromatic nitrogens is 2. The van der Waals surface area contributed by atoms with Crippen LogP contribution in [0.15, 0.2) is 91.5 Å². The fourth-order valence-corrected chi connectivity index (χ4v) is 6.70. The van der Waals surface area contributed by atoms with E-state index in [9.17, 15) is 26.3 Å². The van der Waals surface area contributed by atoms with E-state index in [4.69, 9.17) is 25.9 Å². The van der Waals surface area contributed by atoms with Crippen molar-refractivity contribution in [3.8, 4) is 0 Å². The fourth-order valence-electron chi connectivity index (χ4n) is 1.82. The Morgan fingerprint density at radius 1 is 0.571 bits per heavy atom. The Balaban J connectivity index is 0.000000320. The number of hydrogen-bond donors (Lipinski definition) is 0. The Morgan fingerprint density at radius 3 is 1.09 bits per heavy atom. The van der Waals surface area contributed by atoms with E-state index in [1.54, 1.807) is 0 Å². The molecule has 0 radical (unpaired) electrons. The van der Waals surface area contributed by atoms with Crippen LogP contribution in [-0.2, 0) is 20.2 Å². The Bertz CT molecular complexity index is 1130. The van der Waals surface area contributed by atoms with Crippen molar-refractivity contribution in [2.24, 2.45) is 0 Å². The van der Waals surface area contributed by atoms with Crippen molar-refractivity contribution in [1.29, 1.82) is 0 Å². The maximum absolute atomic E-state index is 10.7. The van der Waals surface area contributed by atoms with Gasteiger partial charge in [-0.1, -0.05) is 0 Å². The third-order valence-corrected chi connectivity index (χ3v) is 9.59. The summed E-state index contributed by atoms with van der Waals surface area (Å²) in [6.45, 7) is 0. The van der Waals surface area contributed by atoms with Crippen molar-refractivity contribution in [1.82, 2.24) is 0 Å². The summed E-state index contributed by atoms with van der Waals surface area (Å²) in [5.74, 6) is 0. The third kappa shape index (κ3) is 10.4. The van der Waals surface area contributed by atoms with Gasteiger partial charge in [-0.25, -0.2) is 16.8 Å². The molecule has 17 heteroatoms. The van der Waals surface area contributed by atoms with Crippen molar-refractivity contribution >= 4 is 40.6 Å². The van der Waals surface area contributed by atoms with Crippen LogP contribution >= 0.6 is 20.4 Å². The Labute approximate surface area is 204 Å². The number of alkyl halides is 6. The summed E-state index contributed by atoms with van der Waals surface area (Å²) in [6, 6.07) is 23.3. The molecule has 0 aliphatic rings. The van der Waals surface area contributed by atoms with Crippen LogP contribution in [0.25, 0.3) is 0 Å². The molecule has 0 N–H and O–H groups in total. The molecule has 0 fully saturated rings. The van der Waals surface area contributed by atoms with Crippen LogP contribution in [0.3, 0.4) is 0 Å². The number of hydrogen-bond acceptors (Lipinski definition) is 6. The van der Waals surface area contributed by atoms with E-state index in [2.05, 4.69) is 97.1 Å². The summed E-state index contributed by atoms with van der Waals surface area (Å²) in [5.41, 5.74) is -11.3. The zero-order valence-electron chi connectivity index (χ0n) is 17.0. The molecule has 1 aromatic carbocycles. The van der Waals surface area contributed by atoms with Crippen LogP contribution < -0.4 is 5.56 Å². The zero-order valence-corrected chi connectivity index (χ0v) is 20.8. The zero-order chi connectivity index (χ0) is 26.9. The Kier molecular flexibility index (Phi) is 11.0. The van der Waals surface area contributed by atoms with Crippen molar-refractivity contribution in [2.45, 2.75) is 11.0 Å². The van der Waals surface area contributed by atoms with Gasteiger partial charge in [0.05, 0.1) is 0 Å². The first-order valence-corrected chi connectivity index (χ1v) is 14.5. The summed E-state index contributed by atoms with van der Waals surface area (Å²) < 4.78 is 124. The normalized spacial score (nSPS) is 12.4. The number of nitrogens with zero attached hydrogens (tertiary/aromatic N) is 2. The van der Waals surface area contributed by atoms with Gasteiger partial charge < -0.3 is 9.11 Å². The van der Waals surface area contributed by atoms with E-state index in [-0.39, 0.29) is 0 Å². The molecular weight excluding hydrogens is 645 g/mol. The molecule has 0 bridgehead atoms. The molecule has 0 atom stereocenters. The fraction of sp³-hybridized carbons (Fsp3) is 0.111. The van der Waals surface area contributed by atoms with Crippen molar-refractivity contribution < 1.29 is 57.8 Å². The van der Waals surface area contributed by atoms with E-state index >= 15 is 0 Å². The number of pyridine rings is 2. The second-order valence-electron chi connectivity index (χ2n) is 5.78. The van der Waals surface area contributed by atoms with Crippen LogP contribution in [-0.4, -0.2) is 37.0 Å². The number of rotatable bonds is 3. The molecule has 3 aromatic rings. The van der Waals surface area contributed by atoms with Crippen LogP contribution in [0.5, 0.6) is 0 Å². The molecule has 2 aromatic heterocycles. The maximum atomic E-state index is 10.7. The standard InChI is InChI=1S/C16H15IN2.2CHF3O3S/c1-4-10-16(11-5-1)17(18-12-6-2-7-13-18)19-14-8-3-9-15-19;2*2-1(3,4)8(5,6)7/h1-15H;2*(H,5,6,7)/q+2;;/p-2. The van der Waals surface area contributed by atoms with Gasteiger partial charge in [0.1, 0.15) is 0 Å². The Hall–Kier alpha value is -2.35. The van der Waals surface area contributed by atoms with Gasteiger partial charge >= 0.3 is 132 Å². The van der Waals surface area contributed by atoms with Gasteiger partial charge in [0.25, 0.3) is 0 Å². The van der Waals surface area contributed by atoms with Crippen molar-refractivity contribution in [3.05, 3.63) is 95.1 Å². The molecule has 8 nitrogen and oxygen atoms in total. The van der Waals surface area contributed by atoms with Gasteiger partial charge in [-0.3, -0.25) is 0 Å². The Morgan fingerprint density at radius 2 is 0.829 bits per heavy atom. The first-order valence-electron chi connectivity index (χ1n) is 8.68. The van der Waals surface area contributed by atoms with E-state index in [0.29, 0.717) is 0 Å². The van der Waals surface area contributed by atoms with E-state index in [0.717, 1.165) is 0 Å². The molecule has 0 saturated heterocycles. The number of benzene rings is 1. The van der Waals surface area contributed by atoms with Crippen LogP contribution in [0.1, 0.15) is 0 Å². The van der Waals surface area contributed by atoms with Gasteiger partial charge in [-0.2, -0.15) is 26.3 Å². The summed E-state index contributed by atoms with van der Waals surface area (Å²) >= 11 is -1.68. The topological polar surface area (TPSA) is 122 Å². The quantitative estimate of drug-likeness (QED) is 0.184. The average Bonchev–Trinajstić information content (AvgIpc) is 2.74. The van der Waals surface area contributed by atoms with Gasteiger partial charge in [0, 0.05) is 0 Å². The molecule has 0 aliphatic carbocycles. The summed E-state index contributed by atoms with van der Waals surface area (Å²) in [4.78, 5) is 0. The third-order valence-electron chi connectivity index (χ3n) is 3.22. The average molecular weight is 660 g/mol. The van der Waals surface area contributed by atoms with Gasteiger partial charge in [-0.15, -0.1) is 0 Å². The molecule has 194 valence electrons. The first-order chi connectivity index (χ1) is 15.9. The van der Waals surface area contributed by atoms with Crippen molar-refractivity contribution in [2.75, 3.05) is 0 Å². The van der Waals surface area contributed by atoms with Gasteiger partial charge in [-0.05, 0) is 0 Å². The monoisotopic (exact) mass is 660 g/mol. The van der Waals surface area contributed by atoms with Crippen molar-refractivity contribution in [3.63, 3.8) is 0 Å². The van der Waals surface area contributed by atoms with E-state index < -0.39 is 51.6 Å². The van der Waals surface area contributed by atoms with Gasteiger partial charge in [0.15, 0.2) is 20.2 Å². The molecular formula is C18H15F6IN2O6S2. The molecule has 0 saturated carbocycles. The molecule has 2 heterocycles. The molecule has 3 rings (SSSR count). The second kappa shape index (κ2) is 12.6. The minimum atomic E-state index is -6.09. The van der Waals surface area contributed by atoms with E-state index in [1.165, 1.54) is 3.57 Å². The summed E-state index contributed by atoms with van der Waals surface area (Å²) in [5, 5.41) is 0. The molecule has 35 heavy (non-hydrogen) atoms. The SMILES string of the molecule is O=S(=O)([O-])C(F)(F)F.O=S(=O)([O-])C(F)(F)F.c1ccc(I([n+]2ccccc2)[n+]2ccccc2)cc1. The second-order valence-corrected chi connectivity index (χ2v) is 13.4. The van der Waals surface area contributed by atoms with Crippen LogP contribution in [0.4, 0.5) is 26.3 Å². The van der Waals surface area contributed by atoms with Crippen LogP contribution in [0, 0.1) is 3.57 Å². The predicted octanol–water partition coefficient (Wildman–Crippen LogP) is 2.97. The number of halogens is 7. The first kappa shape index (κ1) is 30.7. The molecule has 0 amide bonds. The minimum absolute atomic E-state index is 1.42. The van der Waals surface area contributed by atoms with Crippen LogP contribution in [0.2, 0.25) is 0 Å². The van der Waals surface area contributed by atoms with Gasteiger partial charge in [0.2, 0.25) is 0 Å².